The molecule has 8 heteroatoms. The van der Waals surface area contributed by atoms with E-state index in [4.69, 9.17) is 14.0 Å². The summed E-state index contributed by atoms with van der Waals surface area (Å²) in [6, 6.07) is 7.53. The molecule has 23 heavy (non-hydrogen) atoms. The number of guanidine groups is 1. The number of rotatable bonds is 3. The molecule has 3 rings (SSSR count). The maximum atomic E-state index is 5.68. The average Bonchev–Trinajstić information content (AvgIpc) is 2.95. The Balaban J connectivity index is 0.00000192. The number of halogens is 1. The molecule has 0 saturated heterocycles. The number of aliphatic imine (C=N–C) groups is 1. The Hall–Kier alpha value is -1.97. The lowest BCUT2D eigenvalue weighted by Crippen LogP contribution is -2.30. The van der Waals surface area contributed by atoms with Crippen molar-refractivity contribution in [2.45, 2.75) is 13.0 Å². The normalized spacial score (nSPS) is 13.7. The quantitative estimate of drug-likeness (QED) is 0.443. The lowest BCUT2D eigenvalue weighted by Gasteiger charge is -2.13. The van der Waals surface area contributed by atoms with Crippen LogP contribution in [0.1, 0.15) is 12.1 Å². The average molecular weight is 430 g/mol. The van der Waals surface area contributed by atoms with Gasteiger partial charge in [0.05, 0.1) is 19.8 Å². The van der Waals surface area contributed by atoms with Crippen LogP contribution in [0.2, 0.25) is 0 Å². The summed E-state index contributed by atoms with van der Waals surface area (Å²) in [5.41, 5.74) is 1.68. The molecular formula is C15H19IN4O3. The molecule has 0 fully saturated rings. The summed E-state index contributed by atoms with van der Waals surface area (Å²) in [5.74, 6) is 2.15. The van der Waals surface area contributed by atoms with Crippen molar-refractivity contribution in [2.24, 2.45) is 4.99 Å². The third-order valence-corrected chi connectivity index (χ3v) is 3.16. The SMILES string of the molecule is CN=C(NCc1ccon1)Nc1ccc2c(c1)OCCCO2.I. The first-order valence-electron chi connectivity index (χ1n) is 7.12. The standard InChI is InChI=1S/C15H18N4O3.HI/c1-16-15(17-10-12-5-8-22-19-12)18-11-3-4-13-14(9-11)21-7-2-6-20-13;/h3-5,8-9H,2,6-7,10H2,1H3,(H2,16,17,18);1H. The summed E-state index contributed by atoms with van der Waals surface area (Å²) in [5, 5.41) is 10.2. The van der Waals surface area contributed by atoms with Crippen LogP contribution >= 0.6 is 24.0 Å². The zero-order valence-electron chi connectivity index (χ0n) is 12.7. The molecule has 0 aliphatic carbocycles. The van der Waals surface area contributed by atoms with Gasteiger partial charge in [0.15, 0.2) is 17.5 Å². The fourth-order valence-electron chi connectivity index (χ4n) is 2.06. The summed E-state index contributed by atoms with van der Waals surface area (Å²) < 4.78 is 16.1. The van der Waals surface area contributed by atoms with E-state index >= 15 is 0 Å². The number of benzene rings is 1. The van der Waals surface area contributed by atoms with Crippen LogP contribution < -0.4 is 20.1 Å². The van der Waals surface area contributed by atoms with Gasteiger partial charge in [0.2, 0.25) is 0 Å². The molecular weight excluding hydrogens is 411 g/mol. The smallest absolute Gasteiger partial charge is 0.195 e. The Morgan fingerprint density at radius 1 is 1.22 bits per heavy atom. The molecule has 0 saturated carbocycles. The van der Waals surface area contributed by atoms with Crippen LogP contribution in [0.5, 0.6) is 11.5 Å². The Bertz CT molecular complexity index is 646. The molecule has 124 valence electrons. The summed E-state index contributed by atoms with van der Waals surface area (Å²) in [7, 11) is 1.71. The van der Waals surface area contributed by atoms with Crippen molar-refractivity contribution in [3.63, 3.8) is 0 Å². The Morgan fingerprint density at radius 3 is 2.78 bits per heavy atom. The molecule has 0 atom stereocenters. The minimum Gasteiger partial charge on any atom is -0.490 e. The molecule has 7 nitrogen and oxygen atoms in total. The molecule has 1 aliphatic rings. The third kappa shape index (κ3) is 4.75. The number of ether oxygens (including phenoxy) is 2. The van der Waals surface area contributed by atoms with Gasteiger partial charge in [0.25, 0.3) is 0 Å². The van der Waals surface area contributed by atoms with E-state index in [1.807, 2.05) is 18.2 Å². The minimum absolute atomic E-state index is 0. The van der Waals surface area contributed by atoms with Crippen LogP contribution in [0.15, 0.2) is 40.0 Å². The van der Waals surface area contributed by atoms with Gasteiger partial charge in [-0.2, -0.15) is 0 Å². The Kier molecular flexibility index (Phi) is 6.51. The van der Waals surface area contributed by atoms with Gasteiger partial charge in [-0.25, -0.2) is 0 Å². The maximum Gasteiger partial charge on any atom is 0.195 e. The van der Waals surface area contributed by atoms with E-state index in [1.165, 1.54) is 6.26 Å². The van der Waals surface area contributed by atoms with Gasteiger partial charge < -0.3 is 24.6 Å². The molecule has 1 aromatic heterocycles. The summed E-state index contributed by atoms with van der Waals surface area (Å²) in [6.07, 6.45) is 2.43. The first-order chi connectivity index (χ1) is 10.8. The molecule has 0 amide bonds. The number of aromatic nitrogens is 1. The highest BCUT2D eigenvalue weighted by Gasteiger charge is 2.11. The van der Waals surface area contributed by atoms with E-state index in [9.17, 15) is 0 Å². The molecule has 0 bridgehead atoms. The van der Waals surface area contributed by atoms with Gasteiger partial charge in [0.1, 0.15) is 12.0 Å². The van der Waals surface area contributed by atoms with Crippen molar-refractivity contribution >= 4 is 35.6 Å². The predicted molar refractivity (Wildman–Crippen MR) is 97.8 cm³/mol. The largest absolute Gasteiger partial charge is 0.490 e. The first kappa shape index (κ1) is 17.4. The number of anilines is 1. The van der Waals surface area contributed by atoms with Gasteiger partial charge in [-0.15, -0.1) is 24.0 Å². The van der Waals surface area contributed by atoms with Crippen molar-refractivity contribution in [1.82, 2.24) is 10.5 Å². The molecule has 1 aliphatic heterocycles. The van der Waals surface area contributed by atoms with Gasteiger partial charge in [-0.3, -0.25) is 4.99 Å². The van der Waals surface area contributed by atoms with Gasteiger partial charge >= 0.3 is 0 Å². The monoisotopic (exact) mass is 430 g/mol. The summed E-state index contributed by atoms with van der Waals surface area (Å²) in [4.78, 5) is 4.18. The maximum absolute atomic E-state index is 5.68. The van der Waals surface area contributed by atoms with E-state index in [0.717, 1.165) is 29.3 Å². The number of hydrogen-bond acceptors (Lipinski definition) is 5. The number of nitrogens with zero attached hydrogens (tertiary/aromatic N) is 2. The topological polar surface area (TPSA) is 80.9 Å². The summed E-state index contributed by atoms with van der Waals surface area (Å²) >= 11 is 0. The molecule has 0 unspecified atom stereocenters. The van der Waals surface area contributed by atoms with Crippen molar-refractivity contribution in [3.05, 3.63) is 36.2 Å². The minimum atomic E-state index is 0. The zero-order valence-corrected chi connectivity index (χ0v) is 15.1. The Morgan fingerprint density at radius 2 is 2.04 bits per heavy atom. The molecule has 1 aromatic carbocycles. The Labute approximate surface area is 151 Å². The lowest BCUT2D eigenvalue weighted by atomic mass is 10.3. The van der Waals surface area contributed by atoms with Crippen LogP contribution in [0.3, 0.4) is 0 Å². The van der Waals surface area contributed by atoms with Crippen LogP contribution in [-0.4, -0.2) is 31.4 Å². The molecule has 2 heterocycles. The second-order valence-electron chi connectivity index (χ2n) is 4.75. The zero-order chi connectivity index (χ0) is 15.2. The highest BCUT2D eigenvalue weighted by Crippen LogP contribution is 2.32. The van der Waals surface area contributed by atoms with Crippen molar-refractivity contribution in [2.75, 3.05) is 25.6 Å². The van der Waals surface area contributed by atoms with E-state index in [0.29, 0.717) is 25.7 Å². The molecule has 2 N–H and O–H groups in total. The highest BCUT2D eigenvalue weighted by atomic mass is 127. The molecule has 0 radical (unpaired) electrons. The van der Waals surface area contributed by atoms with E-state index in [2.05, 4.69) is 20.8 Å². The second kappa shape index (κ2) is 8.61. The van der Waals surface area contributed by atoms with Gasteiger partial charge in [-0.1, -0.05) is 5.16 Å². The van der Waals surface area contributed by atoms with Gasteiger partial charge in [0, 0.05) is 31.3 Å². The van der Waals surface area contributed by atoms with Crippen LogP contribution in [-0.2, 0) is 6.54 Å². The van der Waals surface area contributed by atoms with Crippen molar-refractivity contribution in [1.29, 1.82) is 0 Å². The fraction of sp³-hybridized carbons (Fsp3) is 0.333. The fourth-order valence-corrected chi connectivity index (χ4v) is 2.06. The van der Waals surface area contributed by atoms with Crippen molar-refractivity contribution in [3.8, 4) is 11.5 Å². The first-order valence-corrected chi connectivity index (χ1v) is 7.12. The molecule has 0 spiro atoms. The highest BCUT2D eigenvalue weighted by molar-refractivity contribution is 14.0. The second-order valence-corrected chi connectivity index (χ2v) is 4.75. The number of nitrogens with one attached hydrogen (secondary N) is 2. The lowest BCUT2D eigenvalue weighted by molar-refractivity contribution is 0.297. The predicted octanol–water partition coefficient (Wildman–Crippen LogP) is 2.64. The van der Waals surface area contributed by atoms with Gasteiger partial charge in [-0.05, 0) is 12.1 Å². The molecule has 2 aromatic rings. The summed E-state index contributed by atoms with van der Waals surface area (Å²) in [6.45, 7) is 1.87. The van der Waals surface area contributed by atoms with E-state index < -0.39 is 0 Å². The number of fused-ring (bicyclic) bond motifs is 1. The van der Waals surface area contributed by atoms with E-state index in [-0.39, 0.29) is 24.0 Å². The number of hydrogen-bond donors (Lipinski definition) is 2. The van der Waals surface area contributed by atoms with Crippen LogP contribution in [0, 0.1) is 0 Å². The van der Waals surface area contributed by atoms with Crippen LogP contribution in [0.25, 0.3) is 0 Å². The van der Waals surface area contributed by atoms with Crippen molar-refractivity contribution < 1.29 is 14.0 Å². The van der Waals surface area contributed by atoms with E-state index in [1.54, 1.807) is 13.1 Å². The van der Waals surface area contributed by atoms with Crippen LogP contribution in [0.4, 0.5) is 5.69 Å². The third-order valence-electron chi connectivity index (χ3n) is 3.16.